The molecule has 0 saturated heterocycles. The zero-order chi connectivity index (χ0) is 14.7. The number of aryl methyl sites for hydroxylation is 1. The van der Waals surface area contributed by atoms with E-state index in [4.69, 9.17) is 10.4 Å². The van der Waals surface area contributed by atoms with Crippen LogP contribution in [0, 0.1) is 18.3 Å². The van der Waals surface area contributed by atoms with Crippen molar-refractivity contribution in [1.29, 1.82) is 5.26 Å². The molecule has 0 radical (unpaired) electrons. The number of pyridine rings is 1. The maximum Gasteiger partial charge on any atom is 0.335 e. The highest BCUT2D eigenvalue weighted by molar-refractivity contribution is 5.87. The molecule has 0 unspecified atom stereocenters. The molecule has 5 nitrogen and oxygen atoms in total. The molecule has 1 heterocycles. The van der Waals surface area contributed by atoms with Crippen molar-refractivity contribution in [3.63, 3.8) is 0 Å². The summed E-state index contributed by atoms with van der Waals surface area (Å²) < 4.78 is 1.43. The number of benzene rings is 1. The van der Waals surface area contributed by atoms with Gasteiger partial charge in [-0.2, -0.15) is 5.26 Å². The van der Waals surface area contributed by atoms with Gasteiger partial charge in [0, 0.05) is 12.3 Å². The molecule has 0 atom stereocenters. The third-order valence-corrected chi connectivity index (χ3v) is 3.06. The summed E-state index contributed by atoms with van der Waals surface area (Å²) in [6.07, 6.45) is 1.46. The maximum atomic E-state index is 11.8. The van der Waals surface area contributed by atoms with Crippen molar-refractivity contribution in [2.24, 2.45) is 0 Å². The summed E-state index contributed by atoms with van der Waals surface area (Å²) in [5.41, 5.74) is 2.00. The first-order valence-electron chi connectivity index (χ1n) is 5.94. The Morgan fingerprint density at radius 1 is 1.35 bits per heavy atom. The fourth-order valence-electron chi connectivity index (χ4n) is 1.90. The second-order valence-corrected chi connectivity index (χ2v) is 4.44. The number of aromatic carboxylic acids is 1. The van der Waals surface area contributed by atoms with Gasteiger partial charge in [0.1, 0.15) is 0 Å². The lowest BCUT2D eigenvalue weighted by Gasteiger charge is -2.09. The number of nitrogens with zero attached hydrogens (tertiary/aromatic N) is 2. The van der Waals surface area contributed by atoms with Gasteiger partial charge >= 0.3 is 5.97 Å². The third kappa shape index (κ3) is 2.75. The van der Waals surface area contributed by atoms with Crippen LogP contribution >= 0.6 is 0 Å². The fourth-order valence-corrected chi connectivity index (χ4v) is 1.90. The molecule has 1 aromatic carbocycles. The number of hydrogen-bond donors (Lipinski definition) is 1. The van der Waals surface area contributed by atoms with Crippen LogP contribution in [0.3, 0.4) is 0 Å². The summed E-state index contributed by atoms with van der Waals surface area (Å²) in [7, 11) is 0. The number of carboxylic acid groups (broad SMARTS) is 1. The lowest BCUT2D eigenvalue weighted by Crippen LogP contribution is -2.21. The molecular formula is C15H12N2O3. The minimum Gasteiger partial charge on any atom is -0.478 e. The Kier molecular flexibility index (Phi) is 3.67. The van der Waals surface area contributed by atoms with Gasteiger partial charge in [0.25, 0.3) is 5.56 Å². The van der Waals surface area contributed by atoms with Gasteiger partial charge in [-0.05, 0) is 36.2 Å². The number of nitriles is 1. The highest BCUT2D eigenvalue weighted by Gasteiger charge is 2.06. The van der Waals surface area contributed by atoms with E-state index in [0.717, 1.165) is 17.2 Å². The van der Waals surface area contributed by atoms with Crippen molar-refractivity contribution >= 4 is 5.97 Å². The van der Waals surface area contributed by atoms with Crippen molar-refractivity contribution in [3.8, 4) is 6.07 Å². The first kappa shape index (κ1) is 13.6. The van der Waals surface area contributed by atoms with Gasteiger partial charge in [0.2, 0.25) is 0 Å². The lowest BCUT2D eigenvalue weighted by atomic mass is 10.1. The van der Waals surface area contributed by atoms with Gasteiger partial charge in [0.15, 0.2) is 0 Å². The number of carbonyl (C=O) groups is 1. The van der Waals surface area contributed by atoms with Crippen LogP contribution in [0.25, 0.3) is 0 Å². The minimum absolute atomic E-state index is 0.0252. The standard InChI is InChI=1S/C15H12N2O3/c1-10-6-11(8-16)2-3-13(10)9-17-5-4-12(15(19)20)7-14(17)18/h2-7H,9H2,1H3,(H,19,20). The van der Waals surface area contributed by atoms with E-state index in [9.17, 15) is 9.59 Å². The first-order valence-corrected chi connectivity index (χ1v) is 5.94. The van der Waals surface area contributed by atoms with Crippen molar-refractivity contribution in [3.05, 3.63) is 69.1 Å². The average molecular weight is 268 g/mol. The lowest BCUT2D eigenvalue weighted by molar-refractivity contribution is 0.0696. The Labute approximate surface area is 115 Å². The van der Waals surface area contributed by atoms with E-state index in [0.29, 0.717) is 12.1 Å². The highest BCUT2D eigenvalue weighted by atomic mass is 16.4. The molecule has 0 bridgehead atoms. The van der Waals surface area contributed by atoms with Crippen molar-refractivity contribution in [1.82, 2.24) is 4.57 Å². The van der Waals surface area contributed by atoms with Gasteiger partial charge in [0.05, 0.1) is 23.7 Å². The van der Waals surface area contributed by atoms with E-state index >= 15 is 0 Å². The van der Waals surface area contributed by atoms with Crippen LogP contribution in [0.4, 0.5) is 0 Å². The molecule has 0 amide bonds. The quantitative estimate of drug-likeness (QED) is 0.919. The summed E-state index contributed by atoms with van der Waals surface area (Å²) in [6.45, 7) is 2.21. The van der Waals surface area contributed by atoms with Crippen molar-refractivity contribution < 1.29 is 9.90 Å². The Bertz CT molecular complexity index is 769. The zero-order valence-electron chi connectivity index (χ0n) is 10.8. The van der Waals surface area contributed by atoms with E-state index in [1.54, 1.807) is 18.2 Å². The van der Waals surface area contributed by atoms with E-state index in [-0.39, 0.29) is 11.1 Å². The Morgan fingerprint density at radius 2 is 2.10 bits per heavy atom. The smallest absolute Gasteiger partial charge is 0.335 e. The second-order valence-electron chi connectivity index (χ2n) is 4.44. The fraction of sp³-hybridized carbons (Fsp3) is 0.133. The molecule has 0 spiro atoms. The number of aromatic nitrogens is 1. The van der Waals surface area contributed by atoms with E-state index in [2.05, 4.69) is 6.07 Å². The van der Waals surface area contributed by atoms with Crippen LogP contribution in [0.2, 0.25) is 0 Å². The topological polar surface area (TPSA) is 83.1 Å². The molecule has 100 valence electrons. The van der Waals surface area contributed by atoms with Gasteiger partial charge in [-0.15, -0.1) is 0 Å². The van der Waals surface area contributed by atoms with Crippen LogP contribution in [0.15, 0.2) is 41.3 Å². The normalized spacial score (nSPS) is 10.0. The summed E-state index contributed by atoms with van der Waals surface area (Å²) >= 11 is 0. The van der Waals surface area contributed by atoms with Crippen LogP contribution in [-0.2, 0) is 6.54 Å². The Morgan fingerprint density at radius 3 is 2.65 bits per heavy atom. The molecule has 1 N–H and O–H groups in total. The third-order valence-electron chi connectivity index (χ3n) is 3.06. The summed E-state index contributed by atoms with van der Waals surface area (Å²) in [6, 6.07) is 9.79. The molecule has 1 aromatic heterocycles. The van der Waals surface area contributed by atoms with E-state index in [1.807, 2.05) is 6.92 Å². The molecule has 0 aliphatic heterocycles. The molecule has 5 heteroatoms. The van der Waals surface area contributed by atoms with Gasteiger partial charge in [-0.3, -0.25) is 4.79 Å². The van der Waals surface area contributed by atoms with Crippen LogP contribution in [-0.4, -0.2) is 15.6 Å². The molecule has 0 saturated carbocycles. The zero-order valence-corrected chi connectivity index (χ0v) is 10.8. The highest BCUT2D eigenvalue weighted by Crippen LogP contribution is 2.11. The van der Waals surface area contributed by atoms with E-state index < -0.39 is 5.97 Å². The molecule has 0 fully saturated rings. The van der Waals surface area contributed by atoms with Crippen molar-refractivity contribution in [2.45, 2.75) is 13.5 Å². The van der Waals surface area contributed by atoms with Gasteiger partial charge < -0.3 is 9.67 Å². The first-order chi connectivity index (χ1) is 9.51. The monoisotopic (exact) mass is 268 g/mol. The summed E-state index contributed by atoms with van der Waals surface area (Å²) in [5, 5.41) is 17.6. The molecule has 20 heavy (non-hydrogen) atoms. The Hall–Kier alpha value is -2.87. The molecule has 0 aliphatic carbocycles. The van der Waals surface area contributed by atoms with Crippen molar-refractivity contribution in [2.75, 3.05) is 0 Å². The second kappa shape index (κ2) is 5.41. The molecule has 0 aliphatic rings. The molecule has 2 aromatic rings. The minimum atomic E-state index is -1.12. The summed E-state index contributed by atoms with van der Waals surface area (Å²) in [5.74, 6) is -1.12. The SMILES string of the molecule is Cc1cc(C#N)ccc1Cn1ccc(C(=O)O)cc1=O. The van der Waals surface area contributed by atoms with Gasteiger partial charge in [-0.1, -0.05) is 6.07 Å². The van der Waals surface area contributed by atoms with Crippen LogP contribution in [0.1, 0.15) is 27.0 Å². The summed E-state index contributed by atoms with van der Waals surface area (Å²) in [4.78, 5) is 22.6. The predicted molar refractivity (Wildman–Crippen MR) is 72.7 cm³/mol. The number of hydrogen-bond acceptors (Lipinski definition) is 3. The van der Waals surface area contributed by atoms with Crippen LogP contribution < -0.4 is 5.56 Å². The van der Waals surface area contributed by atoms with E-state index in [1.165, 1.54) is 16.8 Å². The maximum absolute atomic E-state index is 11.8. The molecule has 2 rings (SSSR count). The predicted octanol–water partition coefficient (Wildman–Crippen LogP) is 1.77. The number of carboxylic acids is 1. The van der Waals surface area contributed by atoms with Crippen LogP contribution in [0.5, 0.6) is 0 Å². The molecular weight excluding hydrogens is 256 g/mol. The Balaban J connectivity index is 2.34. The largest absolute Gasteiger partial charge is 0.478 e. The average Bonchev–Trinajstić information content (AvgIpc) is 2.42. The number of rotatable bonds is 3. The van der Waals surface area contributed by atoms with Gasteiger partial charge in [-0.25, -0.2) is 4.79 Å².